The van der Waals surface area contributed by atoms with E-state index in [9.17, 15) is 4.79 Å². The van der Waals surface area contributed by atoms with Gasteiger partial charge < -0.3 is 22.7 Å². The minimum absolute atomic E-state index is 0. The molecule has 3 aromatic carbocycles. The van der Waals surface area contributed by atoms with Crippen LogP contribution in [0.15, 0.2) is 97.3 Å². The number of benzene rings is 3. The lowest BCUT2D eigenvalue weighted by atomic mass is 9.64. The molecule has 0 spiro atoms. The Morgan fingerprint density at radius 3 is 2.17 bits per heavy atom. The van der Waals surface area contributed by atoms with Crippen LogP contribution in [0.1, 0.15) is 53.4 Å². The first-order valence-corrected chi connectivity index (χ1v) is 12.5. The molecule has 1 fully saturated rings. The molecule has 0 radical (unpaired) electrons. The van der Waals surface area contributed by atoms with Crippen molar-refractivity contribution in [1.29, 1.82) is 0 Å². The molecule has 186 valence electrons. The van der Waals surface area contributed by atoms with Crippen molar-refractivity contribution in [3.63, 3.8) is 0 Å². The molecule has 0 saturated heterocycles. The van der Waals surface area contributed by atoms with Crippen LogP contribution in [0.3, 0.4) is 0 Å². The zero-order chi connectivity index (χ0) is 24.4. The van der Waals surface area contributed by atoms with Crippen LogP contribution in [0, 0.1) is 19.8 Å². The first-order valence-electron chi connectivity index (χ1n) is 12.5. The highest BCUT2D eigenvalue weighted by atomic mass is 79.9. The van der Waals surface area contributed by atoms with Crippen molar-refractivity contribution in [2.24, 2.45) is 11.7 Å². The van der Waals surface area contributed by atoms with Crippen LogP contribution in [0.25, 0.3) is 0 Å². The molecular formula is C31H34BrN3O. The predicted octanol–water partition coefficient (Wildman–Crippen LogP) is 2.26. The topological polar surface area (TPSA) is 51.9 Å². The summed E-state index contributed by atoms with van der Waals surface area (Å²) >= 11 is 0. The number of imidazole rings is 1. The van der Waals surface area contributed by atoms with E-state index in [-0.39, 0.29) is 28.8 Å². The fourth-order valence-electron chi connectivity index (χ4n) is 6.21. The third-order valence-electron chi connectivity index (χ3n) is 7.89. The van der Waals surface area contributed by atoms with Gasteiger partial charge in [0.2, 0.25) is 5.91 Å². The Hall–Kier alpha value is -3.18. The number of hydrogen-bond donors (Lipinski definition) is 1. The van der Waals surface area contributed by atoms with Crippen LogP contribution < -0.4 is 27.3 Å². The molecule has 4 nitrogen and oxygen atoms in total. The van der Waals surface area contributed by atoms with Gasteiger partial charge in [-0.1, -0.05) is 90.5 Å². The molecular weight excluding hydrogens is 510 g/mol. The molecule has 1 aliphatic rings. The highest BCUT2D eigenvalue weighted by Gasteiger charge is 2.51. The average molecular weight is 545 g/mol. The van der Waals surface area contributed by atoms with Gasteiger partial charge in [0.05, 0.1) is 0 Å². The van der Waals surface area contributed by atoms with Gasteiger partial charge in [0.15, 0.2) is 0 Å². The fraction of sp³-hybridized carbons (Fsp3) is 0.290. The Kier molecular flexibility index (Phi) is 7.79. The van der Waals surface area contributed by atoms with Crippen LogP contribution in [-0.4, -0.2) is 10.5 Å². The number of nitrogens with two attached hydrogens (primary N) is 1. The van der Waals surface area contributed by atoms with Crippen LogP contribution in [0.2, 0.25) is 0 Å². The number of rotatable bonds is 7. The quantitative estimate of drug-likeness (QED) is 0.357. The van der Waals surface area contributed by atoms with Gasteiger partial charge in [0, 0.05) is 6.92 Å². The lowest BCUT2D eigenvalue weighted by Crippen LogP contribution is -3.00. The number of amides is 1. The smallest absolute Gasteiger partial charge is 0.253 e. The second-order valence-electron chi connectivity index (χ2n) is 9.94. The van der Waals surface area contributed by atoms with Crippen LogP contribution in [0.5, 0.6) is 0 Å². The molecule has 5 heteroatoms. The van der Waals surface area contributed by atoms with E-state index in [1.54, 1.807) is 0 Å². The number of aryl methyl sites for hydroxylation is 1. The van der Waals surface area contributed by atoms with Crippen LogP contribution in [0.4, 0.5) is 0 Å². The van der Waals surface area contributed by atoms with E-state index in [4.69, 9.17) is 5.73 Å². The third kappa shape index (κ3) is 4.64. The predicted molar refractivity (Wildman–Crippen MR) is 139 cm³/mol. The van der Waals surface area contributed by atoms with Crippen molar-refractivity contribution in [2.75, 3.05) is 0 Å². The summed E-state index contributed by atoms with van der Waals surface area (Å²) in [5, 5.41) is 0. The minimum Gasteiger partial charge on any atom is -1.00 e. The maximum Gasteiger partial charge on any atom is 0.253 e. The van der Waals surface area contributed by atoms with Gasteiger partial charge in [-0.2, -0.15) is 0 Å². The molecule has 4 aromatic rings. The van der Waals surface area contributed by atoms with Crippen molar-refractivity contribution in [3.8, 4) is 0 Å². The maximum absolute atomic E-state index is 13.4. The standard InChI is InChI=1S/C31H33N3O.BrH/c1-23-10-9-11-25(20-23)22-33-18-19-34(24(33)2)29-17-16-28(21-29)31(30(32)35,26-12-5-3-6-13-26)27-14-7-4-8-15-27;/h3-15,18-20,28-29H,16-17,21-22H2,1-2H3,(H-,32,35);1H/t28-,29+;/m1./s1. The summed E-state index contributed by atoms with van der Waals surface area (Å²) in [6, 6.07) is 29.3. The highest BCUT2D eigenvalue weighted by Crippen LogP contribution is 2.49. The zero-order valence-corrected chi connectivity index (χ0v) is 22.6. The van der Waals surface area contributed by atoms with E-state index in [2.05, 4.69) is 83.9 Å². The Bertz CT molecular complexity index is 1280. The lowest BCUT2D eigenvalue weighted by Gasteiger charge is -2.37. The van der Waals surface area contributed by atoms with E-state index < -0.39 is 5.41 Å². The zero-order valence-electron chi connectivity index (χ0n) is 21.0. The van der Waals surface area contributed by atoms with E-state index >= 15 is 0 Å². The molecule has 0 bridgehead atoms. The van der Waals surface area contributed by atoms with Gasteiger partial charge in [-0.3, -0.25) is 4.79 Å². The molecule has 1 saturated carbocycles. The average Bonchev–Trinajstić information content (AvgIpc) is 3.48. The lowest BCUT2D eigenvalue weighted by molar-refractivity contribution is -0.694. The maximum atomic E-state index is 13.4. The first-order chi connectivity index (χ1) is 17.0. The molecule has 36 heavy (non-hydrogen) atoms. The third-order valence-corrected chi connectivity index (χ3v) is 7.89. The number of aromatic nitrogens is 2. The second kappa shape index (κ2) is 10.8. The number of nitrogens with zero attached hydrogens (tertiary/aromatic N) is 2. The van der Waals surface area contributed by atoms with Gasteiger partial charge in [-0.25, -0.2) is 9.13 Å². The summed E-state index contributed by atoms with van der Waals surface area (Å²) in [4.78, 5) is 13.4. The molecule has 2 N–H and O–H groups in total. The van der Waals surface area contributed by atoms with E-state index in [0.717, 1.165) is 36.9 Å². The number of halogens is 1. The molecule has 0 aliphatic heterocycles. The molecule has 2 atom stereocenters. The summed E-state index contributed by atoms with van der Waals surface area (Å²) in [6.07, 6.45) is 7.27. The van der Waals surface area contributed by atoms with Crippen LogP contribution >= 0.6 is 0 Å². The van der Waals surface area contributed by atoms with E-state index in [0.29, 0.717) is 6.04 Å². The second-order valence-corrected chi connectivity index (χ2v) is 9.94. The van der Waals surface area contributed by atoms with E-state index in [1.807, 2.05) is 36.4 Å². The Morgan fingerprint density at radius 2 is 1.58 bits per heavy atom. The molecule has 1 heterocycles. The summed E-state index contributed by atoms with van der Waals surface area (Å²) in [5.41, 5.74) is 10.0. The van der Waals surface area contributed by atoms with E-state index in [1.165, 1.54) is 17.0 Å². The van der Waals surface area contributed by atoms with Gasteiger partial charge in [0.1, 0.15) is 30.4 Å². The van der Waals surface area contributed by atoms with Crippen molar-refractivity contribution >= 4 is 5.91 Å². The van der Waals surface area contributed by atoms with Crippen molar-refractivity contribution in [2.45, 2.75) is 51.1 Å². The molecule has 0 unspecified atom stereocenters. The van der Waals surface area contributed by atoms with Gasteiger partial charge in [-0.05, 0) is 48.8 Å². The number of carbonyl (C=O) groups excluding carboxylic acids is 1. The van der Waals surface area contributed by atoms with Gasteiger partial charge in [-0.15, -0.1) is 0 Å². The van der Waals surface area contributed by atoms with Gasteiger partial charge in [0.25, 0.3) is 5.82 Å². The molecule has 1 aromatic heterocycles. The largest absolute Gasteiger partial charge is 1.00 e. The summed E-state index contributed by atoms with van der Waals surface area (Å²) in [7, 11) is 0. The van der Waals surface area contributed by atoms with Crippen molar-refractivity contribution < 1.29 is 26.3 Å². The normalized spacial score (nSPS) is 17.5. The Balaban J connectivity index is 0.00000304. The van der Waals surface area contributed by atoms with Crippen LogP contribution in [-0.2, 0) is 16.8 Å². The summed E-state index contributed by atoms with van der Waals surface area (Å²) in [5.74, 6) is 1.10. The van der Waals surface area contributed by atoms with Gasteiger partial charge >= 0.3 is 0 Å². The Morgan fingerprint density at radius 1 is 0.944 bits per heavy atom. The van der Waals surface area contributed by atoms with Crippen molar-refractivity contribution in [3.05, 3.63) is 125 Å². The number of primary amides is 1. The Labute approximate surface area is 224 Å². The molecule has 5 rings (SSSR count). The minimum atomic E-state index is -0.837. The molecule has 1 amide bonds. The summed E-state index contributed by atoms with van der Waals surface area (Å²) < 4.78 is 4.72. The summed E-state index contributed by atoms with van der Waals surface area (Å²) in [6.45, 7) is 5.18. The van der Waals surface area contributed by atoms with Crippen molar-refractivity contribution in [1.82, 2.24) is 4.57 Å². The number of carbonyl (C=O) groups is 1. The monoisotopic (exact) mass is 543 g/mol. The number of hydrogen-bond acceptors (Lipinski definition) is 1. The SMILES string of the molecule is Cc1cccc(C[n+]2ccn([C@H]3CC[C@@H](C(C(N)=O)(c4ccccc4)c4ccccc4)C3)c2C)c1.[Br-]. The highest BCUT2D eigenvalue weighted by molar-refractivity contribution is 5.91. The fourth-order valence-corrected chi connectivity index (χ4v) is 6.21. The molecule has 1 aliphatic carbocycles. The first kappa shape index (κ1) is 25.9.